The van der Waals surface area contributed by atoms with Gasteiger partial charge in [0.2, 0.25) is 0 Å². The number of fused-ring (bicyclic) bond motifs is 1. The molecule has 1 aliphatic heterocycles. The van der Waals surface area contributed by atoms with Crippen molar-refractivity contribution in [3.63, 3.8) is 0 Å². The molecular weight excluding hydrogens is 358 g/mol. The van der Waals surface area contributed by atoms with E-state index in [1.165, 1.54) is 11.1 Å². The molecule has 4 rings (SSSR count). The van der Waals surface area contributed by atoms with E-state index in [2.05, 4.69) is 47.5 Å². The van der Waals surface area contributed by atoms with Crippen LogP contribution in [-0.2, 0) is 11.2 Å². The van der Waals surface area contributed by atoms with Gasteiger partial charge in [-0.05, 0) is 54.8 Å². The third-order valence-electron chi connectivity index (χ3n) is 5.03. The molecule has 3 aromatic rings. The molecule has 0 unspecified atom stereocenters. The van der Waals surface area contributed by atoms with Crippen molar-refractivity contribution >= 4 is 34.0 Å². The summed E-state index contributed by atoms with van der Waals surface area (Å²) in [7, 11) is 0. The third kappa shape index (κ3) is 4.59. The van der Waals surface area contributed by atoms with Crippen LogP contribution in [0.5, 0.6) is 0 Å². The van der Waals surface area contributed by atoms with E-state index >= 15 is 0 Å². The molecule has 0 amide bonds. The minimum atomic E-state index is 0.705. The van der Waals surface area contributed by atoms with Crippen LogP contribution in [0.1, 0.15) is 11.1 Å². The number of aryl methyl sites for hydroxylation is 1. The van der Waals surface area contributed by atoms with Crippen LogP contribution in [0.25, 0.3) is 10.9 Å². The Bertz CT molecular complexity index is 921. The molecule has 1 N–H and O–H groups in total. The van der Waals surface area contributed by atoms with Gasteiger partial charge in [-0.3, -0.25) is 4.90 Å². The van der Waals surface area contributed by atoms with Crippen LogP contribution in [0.3, 0.4) is 0 Å². The van der Waals surface area contributed by atoms with Crippen LogP contribution in [0.2, 0.25) is 5.02 Å². The number of halogens is 1. The number of rotatable bonds is 5. The molecule has 1 aliphatic rings. The Kier molecular flexibility index (Phi) is 5.58. The lowest BCUT2D eigenvalue weighted by atomic mass is 10.1. The average Bonchev–Trinajstić information content (AvgIpc) is 2.68. The van der Waals surface area contributed by atoms with Gasteiger partial charge in [0.15, 0.2) is 0 Å². The lowest BCUT2D eigenvalue weighted by Gasteiger charge is -2.26. The first kappa shape index (κ1) is 18.2. The molecule has 1 aromatic heterocycles. The zero-order chi connectivity index (χ0) is 18.6. The molecule has 0 aliphatic carbocycles. The maximum Gasteiger partial charge on any atom is 0.131 e. The fourth-order valence-corrected chi connectivity index (χ4v) is 3.62. The highest BCUT2D eigenvalue weighted by Crippen LogP contribution is 2.25. The molecule has 0 radical (unpaired) electrons. The Hall–Kier alpha value is -2.14. The van der Waals surface area contributed by atoms with Gasteiger partial charge in [0.25, 0.3) is 0 Å². The number of aromatic nitrogens is 1. The Morgan fingerprint density at radius 1 is 1.07 bits per heavy atom. The Labute approximate surface area is 165 Å². The zero-order valence-electron chi connectivity index (χ0n) is 15.5. The predicted molar refractivity (Wildman–Crippen MR) is 112 cm³/mol. The van der Waals surface area contributed by atoms with Crippen molar-refractivity contribution in [2.45, 2.75) is 13.3 Å². The van der Waals surface area contributed by atoms with Crippen LogP contribution in [0.4, 0.5) is 11.5 Å². The number of hydrogen-bond donors (Lipinski definition) is 1. The van der Waals surface area contributed by atoms with Crippen molar-refractivity contribution in [2.75, 3.05) is 38.2 Å². The second-order valence-electron chi connectivity index (χ2n) is 7.01. The minimum absolute atomic E-state index is 0.705. The fraction of sp³-hybridized carbons (Fsp3) is 0.318. The lowest BCUT2D eigenvalue weighted by molar-refractivity contribution is 0.0384. The van der Waals surface area contributed by atoms with E-state index in [4.69, 9.17) is 21.3 Å². The molecule has 5 heteroatoms. The molecule has 140 valence electrons. The van der Waals surface area contributed by atoms with Crippen LogP contribution in [0.15, 0.2) is 48.5 Å². The first-order valence-corrected chi connectivity index (χ1v) is 9.78. The summed E-state index contributed by atoms with van der Waals surface area (Å²) in [5, 5.41) is 5.24. The summed E-state index contributed by atoms with van der Waals surface area (Å²) in [6.45, 7) is 6.96. The number of ether oxygens (including phenoxy) is 1. The van der Waals surface area contributed by atoms with Gasteiger partial charge in [-0.2, -0.15) is 0 Å². The van der Waals surface area contributed by atoms with E-state index in [0.717, 1.165) is 61.7 Å². The van der Waals surface area contributed by atoms with E-state index in [1.54, 1.807) is 0 Å². The van der Waals surface area contributed by atoms with Gasteiger partial charge in [-0.25, -0.2) is 4.98 Å². The minimum Gasteiger partial charge on any atom is -0.379 e. The molecule has 4 nitrogen and oxygen atoms in total. The smallest absolute Gasteiger partial charge is 0.131 e. The maximum atomic E-state index is 6.12. The van der Waals surface area contributed by atoms with Crippen molar-refractivity contribution in [3.8, 4) is 0 Å². The largest absolute Gasteiger partial charge is 0.379 e. The monoisotopic (exact) mass is 381 g/mol. The molecule has 0 saturated carbocycles. The van der Waals surface area contributed by atoms with Crippen LogP contribution >= 0.6 is 11.6 Å². The van der Waals surface area contributed by atoms with Crippen LogP contribution in [0, 0.1) is 6.92 Å². The van der Waals surface area contributed by atoms with Crippen LogP contribution in [-0.4, -0.2) is 42.7 Å². The number of benzene rings is 2. The highest BCUT2D eigenvalue weighted by Gasteiger charge is 2.10. The topological polar surface area (TPSA) is 37.4 Å². The molecule has 0 spiro atoms. The summed E-state index contributed by atoms with van der Waals surface area (Å²) < 4.78 is 5.40. The fourth-order valence-electron chi connectivity index (χ4n) is 3.45. The summed E-state index contributed by atoms with van der Waals surface area (Å²) in [6, 6.07) is 16.5. The van der Waals surface area contributed by atoms with E-state index in [-0.39, 0.29) is 0 Å². The second kappa shape index (κ2) is 8.26. The van der Waals surface area contributed by atoms with Gasteiger partial charge in [0, 0.05) is 35.7 Å². The highest BCUT2D eigenvalue weighted by molar-refractivity contribution is 6.31. The number of nitrogens with one attached hydrogen (secondary N) is 1. The number of anilines is 2. The van der Waals surface area contributed by atoms with Crippen molar-refractivity contribution < 1.29 is 4.74 Å². The van der Waals surface area contributed by atoms with Gasteiger partial charge < -0.3 is 10.1 Å². The quantitative estimate of drug-likeness (QED) is 0.687. The molecule has 1 fully saturated rings. The Morgan fingerprint density at radius 3 is 2.63 bits per heavy atom. The van der Waals surface area contributed by atoms with E-state index in [1.807, 2.05) is 18.2 Å². The summed E-state index contributed by atoms with van der Waals surface area (Å²) in [5.74, 6) is 0.836. The SMILES string of the molecule is Cc1cc(Nc2ccc(CCN3CCOCC3)cc2)nc2cc(Cl)ccc12. The first-order chi connectivity index (χ1) is 13.2. The third-order valence-corrected chi connectivity index (χ3v) is 5.26. The molecule has 27 heavy (non-hydrogen) atoms. The number of pyridine rings is 1. The second-order valence-corrected chi connectivity index (χ2v) is 7.45. The van der Waals surface area contributed by atoms with Crippen LogP contribution < -0.4 is 5.32 Å². The van der Waals surface area contributed by atoms with E-state index < -0.39 is 0 Å². The van der Waals surface area contributed by atoms with Crippen molar-refractivity contribution in [1.29, 1.82) is 0 Å². The molecule has 1 saturated heterocycles. The molecular formula is C22H24ClN3O. The van der Waals surface area contributed by atoms with E-state index in [9.17, 15) is 0 Å². The highest BCUT2D eigenvalue weighted by atomic mass is 35.5. The summed E-state index contributed by atoms with van der Waals surface area (Å²) >= 11 is 6.12. The summed E-state index contributed by atoms with van der Waals surface area (Å²) in [5.41, 5.74) is 4.48. The first-order valence-electron chi connectivity index (χ1n) is 9.40. The van der Waals surface area contributed by atoms with Gasteiger partial charge in [-0.15, -0.1) is 0 Å². The van der Waals surface area contributed by atoms with Gasteiger partial charge in [-0.1, -0.05) is 29.8 Å². The number of nitrogens with zero attached hydrogens (tertiary/aromatic N) is 2. The Morgan fingerprint density at radius 2 is 1.85 bits per heavy atom. The van der Waals surface area contributed by atoms with Gasteiger partial charge >= 0.3 is 0 Å². The molecule has 2 heterocycles. The maximum absolute atomic E-state index is 6.12. The normalized spacial score (nSPS) is 15.2. The Balaban J connectivity index is 1.42. The standard InChI is InChI=1S/C22H24ClN3O/c1-16-14-22(25-21-15-18(23)4-7-20(16)21)24-19-5-2-17(3-6-19)8-9-26-10-12-27-13-11-26/h2-7,14-15H,8-13H2,1H3,(H,24,25). The number of morpholine rings is 1. The van der Waals surface area contributed by atoms with Crippen molar-refractivity contribution in [1.82, 2.24) is 9.88 Å². The van der Waals surface area contributed by atoms with E-state index in [0.29, 0.717) is 5.02 Å². The molecule has 0 atom stereocenters. The lowest BCUT2D eigenvalue weighted by Crippen LogP contribution is -2.37. The average molecular weight is 382 g/mol. The molecule has 0 bridgehead atoms. The van der Waals surface area contributed by atoms with Crippen molar-refractivity contribution in [2.24, 2.45) is 0 Å². The van der Waals surface area contributed by atoms with Gasteiger partial charge in [0.05, 0.1) is 18.7 Å². The number of hydrogen-bond acceptors (Lipinski definition) is 4. The summed E-state index contributed by atoms with van der Waals surface area (Å²) in [4.78, 5) is 7.16. The van der Waals surface area contributed by atoms with Crippen molar-refractivity contribution in [3.05, 3.63) is 64.7 Å². The summed E-state index contributed by atoms with van der Waals surface area (Å²) in [6.07, 6.45) is 1.06. The molecule has 2 aromatic carbocycles. The van der Waals surface area contributed by atoms with Gasteiger partial charge in [0.1, 0.15) is 5.82 Å². The zero-order valence-corrected chi connectivity index (χ0v) is 16.3. The predicted octanol–water partition coefficient (Wildman–Crippen LogP) is 4.81.